The van der Waals surface area contributed by atoms with Crippen LogP contribution >= 0.6 is 35.5 Å². The SMILES string of the molecule is CCOC(=O)CSc1nnc(NC(=O)C2(N)CCCC2)s1.Cl. The van der Waals surface area contributed by atoms with Crippen LogP contribution in [0, 0.1) is 0 Å². The van der Waals surface area contributed by atoms with Crippen LogP contribution in [0.3, 0.4) is 0 Å². The van der Waals surface area contributed by atoms with Crippen LogP contribution in [0.5, 0.6) is 0 Å². The van der Waals surface area contributed by atoms with Crippen LogP contribution in [0.4, 0.5) is 5.13 Å². The molecule has 0 radical (unpaired) electrons. The maximum atomic E-state index is 12.1. The van der Waals surface area contributed by atoms with E-state index in [9.17, 15) is 9.59 Å². The molecule has 124 valence electrons. The van der Waals surface area contributed by atoms with Gasteiger partial charge < -0.3 is 10.5 Å². The smallest absolute Gasteiger partial charge is 0.316 e. The number of aromatic nitrogens is 2. The second kappa shape index (κ2) is 8.66. The molecule has 2 rings (SSSR count). The average Bonchev–Trinajstić information content (AvgIpc) is 3.07. The monoisotopic (exact) mass is 366 g/mol. The van der Waals surface area contributed by atoms with Crippen LogP contribution in [0.1, 0.15) is 32.6 Å². The second-order valence-corrected chi connectivity index (χ2v) is 6.98. The number of nitrogens with zero attached hydrogens (tertiary/aromatic N) is 2. The summed E-state index contributed by atoms with van der Waals surface area (Å²) in [6, 6.07) is 0. The highest BCUT2D eigenvalue weighted by molar-refractivity contribution is 8.01. The van der Waals surface area contributed by atoms with Gasteiger partial charge in [-0.2, -0.15) is 0 Å². The fourth-order valence-corrected chi connectivity index (χ4v) is 3.64. The van der Waals surface area contributed by atoms with Crippen molar-refractivity contribution < 1.29 is 14.3 Å². The van der Waals surface area contributed by atoms with Gasteiger partial charge in [-0.1, -0.05) is 35.9 Å². The summed E-state index contributed by atoms with van der Waals surface area (Å²) in [6.07, 6.45) is 3.34. The predicted molar refractivity (Wildman–Crippen MR) is 88.5 cm³/mol. The van der Waals surface area contributed by atoms with E-state index in [-0.39, 0.29) is 30.0 Å². The molecule has 0 spiro atoms. The lowest BCUT2D eigenvalue weighted by Crippen LogP contribution is -2.48. The van der Waals surface area contributed by atoms with Crippen LogP contribution < -0.4 is 11.1 Å². The molecule has 1 aliphatic rings. The van der Waals surface area contributed by atoms with Crippen LogP contribution in [0.2, 0.25) is 0 Å². The molecule has 0 unspecified atom stereocenters. The molecule has 1 saturated carbocycles. The summed E-state index contributed by atoms with van der Waals surface area (Å²) in [5, 5.41) is 10.9. The molecule has 1 aromatic rings. The van der Waals surface area contributed by atoms with Gasteiger partial charge in [0.2, 0.25) is 11.0 Å². The van der Waals surface area contributed by atoms with E-state index >= 15 is 0 Å². The number of esters is 1. The molecule has 22 heavy (non-hydrogen) atoms. The van der Waals surface area contributed by atoms with Crippen molar-refractivity contribution in [3.8, 4) is 0 Å². The number of amides is 1. The molecule has 1 heterocycles. The topological polar surface area (TPSA) is 107 Å². The zero-order valence-corrected chi connectivity index (χ0v) is 14.6. The van der Waals surface area contributed by atoms with Crippen molar-refractivity contribution in [2.45, 2.75) is 42.5 Å². The third-order valence-electron chi connectivity index (χ3n) is 3.19. The van der Waals surface area contributed by atoms with E-state index in [0.717, 1.165) is 12.8 Å². The van der Waals surface area contributed by atoms with Crippen molar-refractivity contribution >= 4 is 52.5 Å². The first-order valence-corrected chi connectivity index (χ1v) is 8.56. The van der Waals surface area contributed by atoms with E-state index in [4.69, 9.17) is 10.5 Å². The first-order valence-electron chi connectivity index (χ1n) is 6.76. The fourth-order valence-electron chi connectivity index (χ4n) is 2.10. The molecule has 0 aliphatic heterocycles. The van der Waals surface area contributed by atoms with Gasteiger partial charge in [-0.3, -0.25) is 14.9 Å². The van der Waals surface area contributed by atoms with E-state index in [1.165, 1.54) is 23.1 Å². The van der Waals surface area contributed by atoms with Gasteiger partial charge in [0.25, 0.3) is 0 Å². The summed E-state index contributed by atoms with van der Waals surface area (Å²) < 4.78 is 5.43. The summed E-state index contributed by atoms with van der Waals surface area (Å²) in [4.78, 5) is 23.4. The lowest BCUT2D eigenvalue weighted by molar-refractivity contribution is -0.139. The lowest BCUT2D eigenvalue weighted by atomic mass is 9.98. The van der Waals surface area contributed by atoms with Crippen molar-refractivity contribution in [2.24, 2.45) is 5.73 Å². The van der Waals surface area contributed by atoms with Crippen molar-refractivity contribution in [3.63, 3.8) is 0 Å². The van der Waals surface area contributed by atoms with Gasteiger partial charge in [-0.05, 0) is 19.8 Å². The Morgan fingerprint density at radius 2 is 2.09 bits per heavy atom. The van der Waals surface area contributed by atoms with Gasteiger partial charge in [0.1, 0.15) is 0 Å². The van der Waals surface area contributed by atoms with E-state index < -0.39 is 5.54 Å². The van der Waals surface area contributed by atoms with E-state index in [1.807, 2.05) is 0 Å². The number of carbonyl (C=O) groups excluding carboxylic acids is 2. The van der Waals surface area contributed by atoms with Crippen LogP contribution in [0.15, 0.2) is 4.34 Å². The quantitative estimate of drug-likeness (QED) is 0.449. The number of ether oxygens (including phenoxy) is 1. The van der Waals surface area contributed by atoms with Crippen LogP contribution in [0.25, 0.3) is 0 Å². The highest BCUT2D eigenvalue weighted by Gasteiger charge is 2.37. The molecule has 3 N–H and O–H groups in total. The molecule has 1 fully saturated rings. The molecule has 0 atom stereocenters. The zero-order chi connectivity index (χ0) is 15.3. The maximum Gasteiger partial charge on any atom is 0.316 e. The first-order chi connectivity index (χ1) is 10.0. The normalized spacial score (nSPS) is 15.9. The van der Waals surface area contributed by atoms with Crippen molar-refractivity contribution in [3.05, 3.63) is 0 Å². The molecule has 0 bridgehead atoms. The number of rotatable bonds is 6. The Hall–Kier alpha value is -0.900. The maximum absolute atomic E-state index is 12.1. The summed E-state index contributed by atoms with van der Waals surface area (Å²) in [7, 11) is 0. The van der Waals surface area contributed by atoms with Gasteiger partial charge in [0, 0.05) is 0 Å². The lowest BCUT2D eigenvalue weighted by Gasteiger charge is -2.20. The van der Waals surface area contributed by atoms with Gasteiger partial charge in [-0.25, -0.2) is 0 Å². The number of halogens is 1. The summed E-state index contributed by atoms with van der Waals surface area (Å²) in [6.45, 7) is 2.11. The fraction of sp³-hybridized carbons (Fsp3) is 0.667. The highest BCUT2D eigenvalue weighted by atomic mass is 35.5. The number of nitrogens with two attached hydrogens (primary N) is 1. The molecule has 7 nitrogen and oxygen atoms in total. The third-order valence-corrected chi connectivity index (χ3v) is 5.14. The standard InChI is InChI=1S/C12H18N4O3S2.ClH/c1-2-19-8(17)7-20-11-16-15-10(21-11)14-9(18)12(13)5-3-4-6-12;/h2-7,13H2,1H3,(H,14,15,18);1H. The highest BCUT2D eigenvalue weighted by Crippen LogP contribution is 2.30. The number of anilines is 1. The Kier molecular flexibility index (Phi) is 7.54. The minimum atomic E-state index is -0.788. The Morgan fingerprint density at radius 3 is 2.73 bits per heavy atom. The number of thioether (sulfide) groups is 1. The van der Waals surface area contributed by atoms with Crippen molar-refractivity contribution in [1.29, 1.82) is 0 Å². The van der Waals surface area contributed by atoms with E-state index in [2.05, 4.69) is 15.5 Å². The van der Waals surface area contributed by atoms with Gasteiger partial charge in [0.15, 0.2) is 4.34 Å². The van der Waals surface area contributed by atoms with Crippen LogP contribution in [-0.4, -0.2) is 40.0 Å². The Morgan fingerprint density at radius 1 is 1.41 bits per heavy atom. The minimum absolute atomic E-state index is 0. The van der Waals surface area contributed by atoms with Crippen molar-refractivity contribution in [1.82, 2.24) is 10.2 Å². The molecule has 1 aromatic heterocycles. The zero-order valence-electron chi connectivity index (χ0n) is 12.2. The summed E-state index contributed by atoms with van der Waals surface area (Å²) in [5.74, 6) is -0.328. The number of nitrogens with one attached hydrogen (secondary N) is 1. The predicted octanol–water partition coefficient (Wildman–Crippen LogP) is 1.83. The third kappa shape index (κ3) is 5.08. The molecule has 0 aromatic carbocycles. The Labute approximate surface area is 143 Å². The number of carbonyl (C=O) groups is 2. The first kappa shape index (κ1) is 19.1. The summed E-state index contributed by atoms with van der Waals surface area (Å²) in [5.41, 5.74) is 5.28. The van der Waals surface area contributed by atoms with Gasteiger partial charge in [0.05, 0.1) is 17.9 Å². The molecular weight excluding hydrogens is 348 g/mol. The molecular formula is C12H19ClN4O3S2. The van der Waals surface area contributed by atoms with E-state index in [0.29, 0.717) is 28.9 Å². The van der Waals surface area contributed by atoms with E-state index in [1.54, 1.807) is 6.92 Å². The Balaban J connectivity index is 0.00000242. The molecule has 0 saturated heterocycles. The molecule has 10 heteroatoms. The number of hydrogen-bond donors (Lipinski definition) is 2. The van der Waals surface area contributed by atoms with Crippen molar-refractivity contribution in [2.75, 3.05) is 17.7 Å². The largest absolute Gasteiger partial charge is 0.465 e. The van der Waals surface area contributed by atoms with Gasteiger partial charge >= 0.3 is 5.97 Å². The molecule has 1 aliphatic carbocycles. The Bertz CT molecular complexity index is 520. The average molecular weight is 367 g/mol. The van der Waals surface area contributed by atoms with Gasteiger partial charge in [-0.15, -0.1) is 22.6 Å². The number of hydrogen-bond acceptors (Lipinski definition) is 8. The summed E-state index contributed by atoms with van der Waals surface area (Å²) >= 11 is 2.46. The second-order valence-electron chi connectivity index (χ2n) is 4.78. The van der Waals surface area contributed by atoms with Crippen LogP contribution in [-0.2, 0) is 14.3 Å². The molecule has 1 amide bonds. The minimum Gasteiger partial charge on any atom is -0.465 e.